The highest BCUT2D eigenvalue weighted by atomic mass is 35.5. The summed E-state index contributed by atoms with van der Waals surface area (Å²) in [4.78, 5) is 16.9. The van der Waals surface area contributed by atoms with Gasteiger partial charge in [0.15, 0.2) is 0 Å². The Bertz CT molecular complexity index is 1580. The number of fused-ring (bicyclic) bond motifs is 1. The zero-order valence-corrected chi connectivity index (χ0v) is 24.8. The van der Waals surface area contributed by atoms with E-state index in [1.165, 1.54) is 38.5 Å². The average molecular weight is 602 g/mol. The summed E-state index contributed by atoms with van der Waals surface area (Å²) < 4.78 is 55.7. The molecule has 0 radical (unpaired) electrons. The Balaban J connectivity index is 1.69. The van der Waals surface area contributed by atoms with Crippen LogP contribution in [0.5, 0.6) is 11.5 Å². The number of hydrogen-bond acceptors (Lipinski definition) is 7. The SMILES string of the molecule is COc1ccc(S(=O)(=O)N2C(=O)C(CCCN3CCNCC3)(c3ccccc3F)c3cc(Cl)c(OC)cc32)cc1C. The molecule has 2 heterocycles. The third kappa shape index (κ3) is 5.07. The van der Waals surface area contributed by atoms with Gasteiger partial charge in [-0.2, -0.15) is 0 Å². The summed E-state index contributed by atoms with van der Waals surface area (Å²) in [5, 5.41) is 3.52. The van der Waals surface area contributed by atoms with Crippen molar-refractivity contribution in [2.24, 2.45) is 0 Å². The number of hydrogen-bond donors (Lipinski definition) is 1. The molecule has 0 aromatic heterocycles. The van der Waals surface area contributed by atoms with E-state index in [4.69, 9.17) is 21.1 Å². The molecule has 1 fully saturated rings. The van der Waals surface area contributed by atoms with Crippen LogP contribution in [0.15, 0.2) is 59.5 Å². The second-order valence-electron chi connectivity index (χ2n) is 10.3. The second kappa shape index (κ2) is 11.6. The van der Waals surface area contributed by atoms with Crippen molar-refractivity contribution in [1.29, 1.82) is 0 Å². The van der Waals surface area contributed by atoms with Gasteiger partial charge in [0.2, 0.25) is 0 Å². The Morgan fingerprint density at radius 3 is 2.37 bits per heavy atom. The first kappa shape index (κ1) is 29.3. The first-order chi connectivity index (χ1) is 19.6. The van der Waals surface area contributed by atoms with Gasteiger partial charge in [-0.3, -0.25) is 4.79 Å². The monoisotopic (exact) mass is 601 g/mol. The summed E-state index contributed by atoms with van der Waals surface area (Å²) in [6.07, 6.45) is 0.707. The van der Waals surface area contributed by atoms with Crippen LogP contribution in [0.4, 0.5) is 10.1 Å². The number of halogens is 2. The van der Waals surface area contributed by atoms with Gasteiger partial charge in [0, 0.05) is 37.8 Å². The van der Waals surface area contributed by atoms with E-state index in [-0.39, 0.29) is 33.3 Å². The molecule has 5 rings (SSSR count). The molecule has 2 aliphatic heterocycles. The third-order valence-corrected chi connectivity index (χ3v) is 9.96. The number of anilines is 1. The standard InChI is InChI=1S/C30H33ClFN3O5S/c1-20-17-21(9-10-27(20)39-2)41(37,38)35-26-19-28(40-3)24(31)18-23(26)30(29(35)36,22-7-4-5-8-25(22)32)11-6-14-34-15-12-33-13-16-34/h4-5,7-10,17-19,33H,6,11-16H2,1-3H3. The van der Waals surface area contributed by atoms with Crippen LogP contribution >= 0.6 is 11.6 Å². The van der Waals surface area contributed by atoms with Crippen LogP contribution in [0.1, 0.15) is 29.5 Å². The van der Waals surface area contributed by atoms with Gasteiger partial charge < -0.3 is 19.7 Å². The molecule has 11 heteroatoms. The lowest BCUT2D eigenvalue weighted by molar-refractivity contribution is -0.121. The van der Waals surface area contributed by atoms with Gasteiger partial charge in [0.05, 0.1) is 29.8 Å². The number of benzene rings is 3. The molecule has 2 aliphatic rings. The number of sulfonamides is 1. The van der Waals surface area contributed by atoms with E-state index in [1.807, 2.05) is 0 Å². The molecule has 218 valence electrons. The van der Waals surface area contributed by atoms with Crippen molar-refractivity contribution in [3.05, 3.63) is 82.1 Å². The summed E-state index contributed by atoms with van der Waals surface area (Å²) in [6, 6.07) is 13.4. The third-order valence-electron chi connectivity index (χ3n) is 7.97. The molecule has 0 bridgehead atoms. The van der Waals surface area contributed by atoms with E-state index in [9.17, 15) is 13.2 Å². The Morgan fingerprint density at radius 1 is 1.00 bits per heavy atom. The van der Waals surface area contributed by atoms with E-state index in [1.54, 1.807) is 37.3 Å². The fourth-order valence-corrected chi connectivity index (χ4v) is 7.71. The molecular weight excluding hydrogens is 569 g/mol. The van der Waals surface area contributed by atoms with Crippen molar-refractivity contribution in [2.45, 2.75) is 30.1 Å². The highest BCUT2D eigenvalue weighted by Gasteiger charge is 2.57. The minimum absolute atomic E-state index is 0.0887. The molecule has 8 nitrogen and oxygen atoms in total. The van der Waals surface area contributed by atoms with Crippen molar-refractivity contribution < 1.29 is 27.1 Å². The first-order valence-corrected chi connectivity index (χ1v) is 15.3. The topological polar surface area (TPSA) is 88.2 Å². The number of rotatable bonds is 9. The highest BCUT2D eigenvalue weighted by molar-refractivity contribution is 7.93. The molecule has 1 amide bonds. The van der Waals surface area contributed by atoms with Crippen LogP contribution in [0.25, 0.3) is 0 Å². The maximum absolute atomic E-state index is 15.7. The zero-order chi connectivity index (χ0) is 29.4. The molecule has 41 heavy (non-hydrogen) atoms. The number of amides is 1. The molecule has 1 saturated heterocycles. The Morgan fingerprint density at radius 2 is 1.71 bits per heavy atom. The minimum Gasteiger partial charge on any atom is -0.496 e. The van der Waals surface area contributed by atoms with E-state index in [0.29, 0.717) is 29.8 Å². The number of piperazine rings is 1. The molecular formula is C30H33ClFN3O5S. The van der Waals surface area contributed by atoms with Gasteiger partial charge in [-0.05, 0) is 67.8 Å². The number of carbonyl (C=O) groups excluding carboxylic acids is 1. The molecule has 0 saturated carbocycles. The predicted molar refractivity (Wildman–Crippen MR) is 156 cm³/mol. The molecule has 1 atom stereocenters. The quantitative estimate of drug-likeness (QED) is 0.386. The van der Waals surface area contributed by atoms with Crippen molar-refractivity contribution >= 4 is 33.2 Å². The lowest BCUT2D eigenvalue weighted by atomic mass is 9.72. The van der Waals surface area contributed by atoms with Crippen LogP contribution < -0.4 is 19.1 Å². The Labute approximate surface area is 245 Å². The molecule has 1 unspecified atom stereocenters. The number of ether oxygens (including phenoxy) is 2. The summed E-state index contributed by atoms with van der Waals surface area (Å²) in [6.45, 7) is 5.84. The molecule has 1 N–H and O–H groups in total. The van der Waals surface area contributed by atoms with E-state index >= 15 is 4.39 Å². The Kier molecular flexibility index (Phi) is 8.29. The molecule has 3 aromatic rings. The largest absolute Gasteiger partial charge is 0.496 e. The zero-order valence-electron chi connectivity index (χ0n) is 23.2. The van der Waals surface area contributed by atoms with Crippen molar-refractivity contribution in [3.63, 3.8) is 0 Å². The average Bonchev–Trinajstić information content (AvgIpc) is 3.20. The lowest BCUT2D eigenvalue weighted by Crippen LogP contribution is -2.46. The van der Waals surface area contributed by atoms with Gasteiger partial charge in [-0.25, -0.2) is 17.1 Å². The van der Waals surface area contributed by atoms with Crippen LogP contribution in [-0.4, -0.2) is 66.2 Å². The van der Waals surface area contributed by atoms with Gasteiger partial charge in [0.25, 0.3) is 15.9 Å². The number of nitrogens with zero attached hydrogens (tertiary/aromatic N) is 2. The van der Waals surface area contributed by atoms with Crippen LogP contribution in [0.3, 0.4) is 0 Å². The molecule has 0 aliphatic carbocycles. The number of nitrogens with one attached hydrogen (secondary N) is 1. The fraction of sp³-hybridized carbons (Fsp3) is 0.367. The van der Waals surface area contributed by atoms with Gasteiger partial charge in [-0.15, -0.1) is 0 Å². The second-order valence-corrected chi connectivity index (χ2v) is 12.5. The fourth-order valence-electron chi connectivity index (χ4n) is 5.91. The van der Waals surface area contributed by atoms with Crippen molar-refractivity contribution in [3.8, 4) is 11.5 Å². The van der Waals surface area contributed by atoms with Crippen LogP contribution in [-0.2, 0) is 20.2 Å². The summed E-state index contributed by atoms with van der Waals surface area (Å²) in [5.74, 6) is -0.634. The van der Waals surface area contributed by atoms with Crippen molar-refractivity contribution in [1.82, 2.24) is 10.2 Å². The molecule has 3 aromatic carbocycles. The maximum Gasteiger partial charge on any atom is 0.270 e. The number of aryl methyl sites for hydroxylation is 1. The van der Waals surface area contributed by atoms with Gasteiger partial charge >= 0.3 is 0 Å². The van der Waals surface area contributed by atoms with E-state index < -0.39 is 27.2 Å². The van der Waals surface area contributed by atoms with Crippen molar-refractivity contribution in [2.75, 3.05) is 51.2 Å². The maximum atomic E-state index is 15.7. The summed E-state index contributed by atoms with van der Waals surface area (Å²) >= 11 is 6.57. The van der Waals surface area contributed by atoms with E-state index in [0.717, 1.165) is 30.5 Å². The van der Waals surface area contributed by atoms with Gasteiger partial charge in [0.1, 0.15) is 22.7 Å². The lowest BCUT2D eigenvalue weighted by Gasteiger charge is -2.32. The predicted octanol–water partition coefficient (Wildman–Crippen LogP) is 4.51. The first-order valence-electron chi connectivity index (χ1n) is 13.5. The number of carbonyl (C=O) groups is 1. The molecule has 0 spiro atoms. The smallest absolute Gasteiger partial charge is 0.270 e. The van der Waals surface area contributed by atoms with Crippen LogP contribution in [0.2, 0.25) is 5.02 Å². The Hall–Kier alpha value is -3.18. The number of methoxy groups -OCH3 is 2. The normalized spacial score (nSPS) is 19.3. The summed E-state index contributed by atoms with van der Waals surface area (Å²) in [5.41, 5.74) is -0.510. The van der Waals surface area contributed by atoms with E-state index in [2.05, 4.69) is 10.2 Å². The van der Waals surface area contributed by atoms with Gasteiger partial charge in [-0.1, -0.05) is 29.8 Å². The highest BCUT2D eigenvalue weighted by Crippen LogP contribution is 2.53. The van der Waals surface area contributed by atoms with Crippen LogP contribution in [0, 0.1) is 12.7 Å². The minimum atomic E-state index is -4.44. The summed E-state index contributed by atoms with van der Waals surface area (Å²) in [7, 11) is -1.53.